The summed E-state index contributed by atoms with van der Waals surface area (Å²) < 4.78 is 12.2. The lowest BCUT2D eigenvalue weighted by Crippen LogP contribution is -2.21. The van der Waals surface area contributed by atoms with Gasteiger partial charge in [-0.1, -0.05) is 17.7 Å². The highest BCUT2D eigenvalue weighted by molar-refractivity contribution is 7.71. The molecule has 32 heavy (non-hydrogen) atoms. The first kappa shape index (κ1) is 21.6. The Morgan fingerprint density at radius 1 is 1.06 bits per heavy atom. The van der Waals surface area contributed by atoms with Gasteiger partial charge in [0.2, 0.25) is 0 Å². The van der Waals surface area contributed by atoms with E-state index in [1.165, 1.54) is 18.8 Å². The Kier molecular flexibility index (Phi) is 5.98. The summed E-state index contributed by atoms with van der Waals surface area (Å²) in [5.41, 5.74) is 1.46. The van der Waals surface area contributed by atoms with Gasteiger partial charge in [0.1, 0.15) is 11.5 Å². The lowest BCUT2D eigenvalue weighted by molar-refractivity contribution is 0.102. The summed E-state index contributed by atoms with van der Waals surface area (Å²) in [6.07, 6.45) is 0. The third kappa shape index (κ3) is 4.10. The number of halogens is 1. The van der Waals surface area contributed by atoms with Gasteiger partial charge in [-0.15, -0.1) is 0 Å². The predicted molar refractivity (Wildman–Crippen MR) is 127 cm³/mol. The average Bonchev–Trinajstić information content (AvgIpc) is 2.78. The van der Waals surface area contributed by atoms with Crippen molar-refractivity contribution < 1.29 is 14.3 Å². The van der Waals surface area contributed by atoms with Gasteiger partial charge in [0.05, 0.1) is 30.8 Å². The van der Waals surface area contributed by atoms with Crippen LogP contribution in [0.1, 0.15) is 10.4 Å². The first-order chi connectivity index (χ1) is 15.4. The van der Waals surface area contributed by atoms with Crippen LogP contribution in [0.5, 0.6) is 11.5 Å². The Morgan fingerprint density at radius 3 is 2.59 bits per heavy atom. The number of carbonyl (C=O) groups excluding carboxylic acids is 1. The second-order valence-corrected chi connectivity index (χ2v) is 7.66. The minimum Gasteiger partial charge on any atom is -0.497 e. The molecule has 9 heteroatoms. The number of aromatic amines is 1. The summed E-state index contributed by atoms with van der Waals surface area (Å²) in [7, 11) is 3.04. The Labute approximate surface area is 193 Å². The molecule has 1 aromatic heterocycles. The van der Waals surface area contributed by atoms with Crippen molar-refractivity contribution >= 4 is 46.3 Å². The van der Waals surface area contributed by atoms with E-state index >= 15 is 0 Å². The minimum atomic E-state index is -0.350. The number of H-pyrrole nitrogens is 1. The van der Waals surface area contributed by atoms with E-state index in [0.29, 0.717) is 44.4 Å². The topological polar surface area (TPSA) is 85.3 Å². The van der Waals surface area contributed by atoms with E-state index in [9.17, 15) is 9.59 Å². The molecule has 0 saturated carbocycles. The van der Waals surface area contributed by atoms with Gasteiger partial charge in [0, 0.05) is 22.3 Å². The fraction of sp³-hybridized carbons (Fsp3) is 0.0870. The summed E-state index contributed by atoms with van der Waals surface area (Å²) in [5.74, 6) is 0.673. The standard InChI is InChI=1S/C23H18ClN3O4S/c1-30-16-7-9-20(31-2)19(12-16)27-22(29)17-8-6-13(10-18(17)26-23(27)32)21(28)25-15-5-3-4-14(24)11-15/h3-12H,1-2H3,(H,25,28)(H,26,32). The van der Waals surface area contributed by atoms with Crippen LogP contribution < -0.4 is 20.3 Å². The summed E-state index contributed by atoms with van der Waals surface area (Å²) >= 11 is 11.4. The van der Waals surface area contributed by atoms with Crippen LogP contribution in [0.25, 0.3) is 16.6 Å². The van der Waals surface area contributed by atoms with Crippen LogP contribution in [0.15, 0.2) is 65.5 Å². The van der Waals surface area contributed by atoms with Gasteiger partial charge in [0.25, 0.3) is 11.5 Å². The zero-order valence-electron chi connectivity index (χ0n) is 17.1. The third-order valence-electron chi connectivity index (χ3n) is 4.87. The number of ether oxygens (including phenoxy) is 2. The summed E-state index contributed by atoms with van der Waals surface area (Å²) in [6.45, 7) is 0. The van der Waals surface area contributed by atoms with Crippen LogP contribution in [-0.2, 0) is 0 Å². The molecule has 0 atom stereocenters. The molecule has 0 aliphatic carbocycles. The Balaban J connectivity index is 1.79. The Hall–Kier alpha value is -3.62. The lowest BCUT2D eigenvalue weighted by atomic mass is 10.1. The van der Waals surface area contributed by atoms with Gasteiger partial charge < -0.3 is 19.8 Å². The van der Waals surface area contributed by atoms with Gasteiger partial charge >= 0.3 is 0 Å². The molecule has 0 fully saturated rings. The number of aromatic nitrogens is 2. The van der Waals surface area contributed by atoms with Crippen LogP contribution in [0.3, 0.4) is 0 Å². The normalized spacial score (nSPS) is 10.7. The minimum absolute atomic E-state index is 0.154. The molecule has 0 aliphatic rings. The second kappa shape index (κ2) is 8.86. The quantitative estimate of drug-likeness (QED) is 0.405. The van der Waals surface area contributed by atoms with Gasteiger partial charge in [-0.05, 0) is 60.7 Å². The molecule has 3 aromatic carbocycles. The van der Waals surface area contributed by atoms with Crippen molar-refractivity contribution in [3.63, 3.8) is 0 Å². The van der Waals surface area contributed by atoms with Crippen molar-refractivity contribution in [1.29, 1.82) is 0 Å². The number of nitrogens with zero attached hydrogens (tertiary/aromatic N) is 1. The molecule has 0 unspecified atom stereocenters. The first-order valence-corrected chi connectivity index (χ1v) is 10.3. The number of hydrogen-bond acceptors (Lipinski definition) is 5. The Bertz CT molecular complexity index is 1460. The predicted octanol–water partition coefficient (Wildman–Crippen LogP) is 4.97. The maximum absolute atomic E-state index is 13.3. The highest BCUT2D eigenvalue weighted by Crippen LogP contribution is 2.27. The van der Waals surface area contributed by atoms with Gasteiger partial charge in [-0.25, -0.2) is 4.57 Å². The molecule has 4 rings (SSSR count). The molecule has 7 nitrogen and oxygen atoms in total. The molecule has 0 bridgehead atoms. The number of amides is 1. The van der Waals surface area contributed by atoms with Crippen LogP contribution in [0.2, 0.25) is 5.02 Å². The number of hydrogen-bond donors (Lipinski definition) is 2. The third-order valence-corrected chi connectivity index (χ3v) is 5.39. The van der Waals surface area contributed by atoms with Crippen molar-refractivity contribution in [2.24, 2.45) is 0 Å². The number of rotatable bonds is 5. The highest BCUT2D eigenvalue weighted by Gasteiger charge is 2.15. The van der Waals surface area contributed by atoms with Crippen molar-refractivity contribution in [2.45, 2.75) is 0 Å². The average molecular weight is 468 g/mol. The maximum atomic E-state index is 13.3. The largest absolute Gasteiger partial charge is 0.497 e. The summed E-state index contributed by atoms with van der Waals surface area (Å²) in [6, 6.07) is 16.7. The molecule has 0 saturated heterocycles. The SMILES string of the molecule is COc1ccc(OC)c(-n2c(=S)[nH]c3cc(C(=O)Nc4cccc(Cl)c4)ccc3c2=O)c1. The van der Waals surface area contributed by atoms with E-state index in [-0.39, 0.29) is 16.2 Å². The van der Waals surface area contributed by atoms with E-state index in [1.807, 2.05) is 0 Å². The van der Waals surface area contributed by atoms with Crippen molar-refractivity contribution in [3.8, 4) is 17.2 Å². The van der Waals surface area contributed by atoms with Gasteiger partial charge in [-0.2, -0.15) is 0 Å². The van der Waals surface area contributed by atoms with Crippen LogP contribution in [-0.4, -0.2) is 29.7 Å². The number of carbonyl (C=O) groups is 1. The lowest BCUT2D eigenvalue weighted by Gasteiger charge is -2.14. The number of nitrogens with one attached hydrogen (secondary N) is 2. The van der Waals surface area contributed by atoms with E-state index in [2.05, 4.69) is 10.3 Å². The molecule has 0 spiro atoms. The van der Waals surface area contributed by atoms with Crippen molar-refractivity contribution in [3.05, 3.63) is 86.4 Å². The molecule has 1 amide bonds. The molecule has 0 radical (unpaired) electrons. The van der Waals surface area contributed by atoms with Crippen LogP contribution in [0.4, 0.5) is 5.69 Å². The highest BCUT2D eigenvalue weighted by atomic mass is 35.5. The molecule has 162 valence electrons. The van der Waals surface area contributed by atoms with Crippen LogP contribution in [0, 0.1) is 4.77 Å². The van der Waals surface area contributed by atoms with E-state index in [1.54, 1.807) is 60.7 Å². The molecule has 4 aromatic rings. The summed E-state index contributed by atoms with van der Waals surface area (Å²) in [4.78, 5) is 29.0. The monoisotopic (exact) mass is 467 g/mol. The molecule has 1 heterocycles. The van der Waals surface area contributed by atoms with Crippen molar-refractivity contribution in [2.75, 3.05) is 19.5 Å². The molecule has 0 aliphatic heterocycles. The molecular weight excluding hydrogens is 450 g/mol. The number of benzene rings is 3. The number of methoxy groups -OCH3 is 2. The van der Waals surface area contributed by atoms with Crippen molar-refractivity contribution in [1.82, 2.24) is 9.55 Å². The van der Waals surface area contributed by atoms with Crippen LogP contribution >= 0.6 is 23.8 Å². The zero-order chi connectivity index (χ0) is 22.8. The second-order valence-electron chi connectivity index (χ2n) is 6.83. The fourth-order valence-corrected chi connectivity index (χ4v) is 3.80. The van der Waals surface area contributed by atoms with E-state index < -0.39 is 0 Å². The maximum Gasteiger partial charge on any atom is 0.266 e. The van der Waals surface area contributed by atoms with Gasteiger partial charge in [-0.3, -0.25) is 9.59 Å². The smallest absolute Gasteiger partial charge is 0.266 e. The van der Waals surface area contributed by atoms with Gasteiger partial charge in [0.15, 0.2) is 4.77 Å². The number of anilines is 1. The molecular formula is C23H18ClN3O4S. The van der Waals surface area contributed by atoms with E-state index in [4.69, 9.17) is 33.3 Å². The number of fused-ring (bicyclic) bond motifs is 1. The summed E-state index contributed by atoms with van der Waals surface area (Å²) in [5, 5.41) is 3.66. The first-order valence-electron chi connectivity index (χ1n) is 9.49. The fourth-order valence-electron chi connectivity index (χ4n) is 3.32. The Morgan fingerprint density at radius 2 is 1.88 bits per heavy atom. The van der Waals surface area contributed by atoms with E-state index in [0.717, 1.165) is 0 Å². The molecule has 2 N–H and O–H groups in total. The zero-order valence-corrected chi connectivity index (χ0v) is 18.7.